The molecule has 106 valence electrons. The van der Waals surface area contributed by atoms with Crippen molar-refractivity contribution >= 4 is 18.3 Å². The molecular weight excluding hydrogens is 266 g/mol. The van der Waals surface area contributed by atoms with Crippen molar-refractivity contribution in [3.8, 4) is 0 Å². The van der Waals surface area contributed by atoms with E-state index in [0.717, 1.165) is 37.2 Å². The molecule has 1 aromatic heterocycles. The molecule has 0 aliphatic carbocycles. The Balaban J connectivity index is 0.00000180. The summed E-state index contributed by atoms with van der Waals surface area (Å²) in [6.07, 6.45) is 2.01. The van der Waals surface area contributed by atoms with Gasteiger partial charge in [0.2, 0.25) is 0 Å². The van der Waals surface area contributed by atoms with Gasteiger partial charge in [0.1, 0.15) is 5.56 Å². The summed E-state index contributed by atoms with van der Waals surface area (Å²) in [5.41, 5.74) is 1.41. The molecule has 2 rings (SSSR count). The van der Waals surface area contributed by atoms with Crippen LogP contribution >= 0.6 is 12.4 Å². The quantitative estimate of drug-likeness (QED) is 0.756. The normalized spacial score (nSPS) is 18.5. The van der Waals surface area contributed by atoms with E-state index in [-0.39, 0.29) is 35.5 Å². The number of carbonyl (C=O) groups excluding carboxylic acids is 1. The second-order valence-electron chi connectivity index (χ2n) is 4.86. The SMILES string of the molecule is Cc1cc(C)c(C(=O)N[C@H]2CCCNC2)c(=O)[nH]1.Cl. The molecule has 3 N–H and O–H groups in total. The van der Waals surface area contributed by atoms with E-state index in [1.165, 1.54) is 0 Å². The Morgan fingerprint density at radius 2 is 2.16 bits per heavy atom. The van der Waals surface area contributed by atoms with Crippen molar-refractivity contribution in [2.45, 2.75) is 32.7 Å². The van der Waals surface area contributed by atoms with E-state index in [2.05, 4.69) is 15.6 Å². The molecule has 1 aliphatic heterocycles. The highest BCUT2D eigenvalue weighted by Gasteiger charge is 2.19. The van der Waals surface area contributed by atoms with E-state index >= 15 is 0 Å². The Morgan fingerprint density at radius 1 is 1.42 bits per heavy atom. The van der Waals surface area contributed by atoms with Gasteiger partial charge < -0.3 is 15.6 Å². The number of aryl methyl sites for hydroxylation is 2. The van der Waals surface area contributed by atoms with Crippen molar-refractivity contribution in [2.75, 3.05) is 13.1 Å². The van der Waals surface area contributed by atoms with Gasteiger partial charge in [-0.1, -0.05) is 0 Å². The van der Waals surface area contributed by atoms with E-state index in [1.54, 1.807) is 13.8 Å². The zero-order chi connectivity index (χ0) is 13.1. The molecule has 1 fully saturated rings. The van der Waals surface area contributed by atoms with E-state index in [1.807, 2.05) is 6.07 Å². The number of halogens is 1. The molecule has 19 heavy (non-hydrogen) atoms. The molecule has 0 bridgehead atoms. The minimum Gasteiger partial charge on any atom is -0.348 e. The molecular formula is C13H20ClN3O2. The molecule has 1 saturated heterocycles. The molecule has 0 spiro atoms. The van der Waals surface area contributed by atoms with Crippen LogP contribution in [0.1, 0.15) is 34.5 Å². The van der Waals surface area contributed by atoms with Crippen molar-refractivity contribution in [3.63, 3.8) is 0 Å². The van der Waals surface area contributed by atoms with E-state index in [9.17, 15) is 9.59 Å². The lowest BCUT2D eigenvalue weighted by Gasteiger charge is -2.23. The Labute approximate surface area is 118 Å². The zero-order valence-corrected chi connectivity index (χ0v) is 12.0. The van der Waals surface area contributed by atoms with E-state index in [0.29, 0.717) is 0 Å². The first kappa shape index (κ1) is 15.7. The number of piperidine rings is 1. The molecule has 0 saturated carbocycles. The van der Waals surface area contributed by atoms with Gasteiger partial charge in [0.25, 0.3) is 11.5 Å². The van der Waals surface area contributed by atoms with Gasteiger partial charge in [-0.3, -0.25) is 9.59 Å². The zero-order valence-electron chi connectivity index (χ0n) is 11.2. The van der Waals surface area contributed by atoms with Crippen LogP contribution in [0.3, 0.4) is 0 Å². The predicted octanol–water partition coefficient (Wildman–Crippen LogP) is 0.895. The summed E-state index contributed by atoms with van der Waals surface area (Å²) in [5, 5.41) is 6.14. The molecule has 1 aliphatic rings. The number of rotatable bonds is 2. The van der Waals surface area contributed by atoms with Crippen molar-refractivity contribution in [1.82, 2.24) is 15.6 Å². The Kier molecular flexibility index (Phi) is 5.57. The third-order valence-corrected chi connectivity index (χ3v) is 3.22. The van der Waals surface area contributed by atoms with Gasteiger partial charge in [0, 0.05) is 18.3 Å². The van der Waals surface area contributed by atoms with Crippen LogP contribution in [-0.4, -0.2) is 30.0 Å². The average molecular weight is 286 g/mol. The molecule has 1 amide bonds. The van der Waals surface area contributed by atoms with Gasteiger partial charge in [-0.05, 0) is 44.9 Å². The number of nitrogens with one attached hydrogen (secondary N) is 3. The number of hydrogen-bond donors (Lipinski definition) is 3. The van der Waals surface area contributed by atoms with E-state index in [4.69, 9.17) is 0 Å². The topological polar surface area (TPSA) is 74.0 Å². The minimum atomic E-state index is -0.311. The smallest absolute Gasteiger partial charge is 0.261 e. The number of carbonyl (C=O) groups is 1. The standard InChI is InChI=1S/C13H19N3O2.ClH/c1-8-6-9(2)15-12(17)11(8)13(18)16-10-4-3-5-14-7-10;/h6,10,14H,3-5,7H2,1-2H3,(H,15,17)(H,16,18);1H/t10-;/m0./s1. The fourth-order valence-corrected chi connectivity index (χ4v) is 2.37. The van der Waals surface area contributed by atoms with Crippen LogP contribution in [0.2, 0.25) is 0 Å². The molecule has 0 radical (unpaired) electrons. The van der Waals surface area contributed by atoms with Crippen molar-refractivity contribution < 1.29 is 4.79 Å². The van der Waals surface area contributed by atoms with Gasteiger partial charge >= 0.3 is 0 Å². The molecule has 0 aromatic carbocycles. The number of hydrogen-bond acceptors (Lipinski definition) is 3. The summed E-state index contributed by atoms with van der Waals surface area (Å²) in [6, 6.07) is 1.93. The molecule has 0 unspecified atom stereocenters. The lowest BCUT2D eigenvalue weighted by atomic mass is 10.1. The Bertz CT molecular complexity index is 507. The summed E-state index contributed by atoms with van der Waals surface area (Å²) in [7, 11) is 0. The van der Waals surface area contributed by atoms with E-state index < -0.39 is 0 Å². The van der Waals surface area contributed by atoms with Gasteiger partial charge in [-0.2, -0.15) is 0 Å². The third-order valence-electron chi connectivity index (χ3n) is 3.22. The summed E-state index contributed by atoms with van der Waals surface area (Å²) in [5.74, 6) is -0.276. The fraction of sp³-hybridized carbons (Fsp3) is 0.538. The maximum atomic E-state index is 12.1. The highest BCUT2D eigenvalue weighted by Crippen LogP contribution is 2.06. The van der Waals surface area contributed by atoms with Crippen LogP contribution in [0.25, 0.3) is 0 Å². The van der Waals surface area contributed by atoms with Gasteiger partial charge in [-0.25, -0.2) is 0 Å². The van der Waals surface area contributed by atoms with Crippen LogP contribution in [0.15, 0.2) is 10.9 Å². The molecule has 2 heterocycles. The maximum Gasteiger partial charge on any atom is 0.261 e. The Morgan fingerprint density at radius 3 is 2.74 bits per heavy atom. The minimum absolute atomic E-state index is 0. The summed E-state index contributed by atoms with van der Waals surface area (Å²) >= 11 is 0. The highest BCUT2D eigenvalue weighted by molar-refractivity contribution is 5.95. The largest absolute Gasteiger partial charge is 0.348 e. The molecule has 5 nitrogen and oxygen atoms in total. The first-order valence-corrected chi connectivity index (χ1v) is 6.30. The highest BCUT2D eigenvalue weighted by atomic mass is 35.5. The number of aromatic amines is 1. The van der Waals surface area contributed by atoms with Gasteiger partial charge in [0.05, 0.1) is 0 Å². The van der Waals surface area contributed by atoms with Crippen molar-refractivity contribution in [3.05, 3.63) is 33.2 Å². The summed E-state index contributed by atoms with van der Waals surface area (Å²) < 4.78 is 0. The first-order valence-electron chi connectivity index (χ1n) is 6.30. The average Bonchev–Trinajstić information content (AvgIpc) is 2.28. The second kappa shape index (κ2) is 6.73. The summed E-state index contributed by atoms with van der Waals surface area (Å²) in [6.45, 7) is 5.36. The summed E-state index contributed by atoms with van der Waals surface area (Å²) in [4.78, 5) is 26.6. The van der Waals surface area contributed by atoms with Crippen LogP contribution in [0, 0.1) is 13.8 Å². The second-order valence-corrected chi connectivity index (χ2v) is 4.86. The number of amides is 1. The first-order chi connectivity index (χ1) is 8.58. The van der Waals surface area contributed by atoms with Gasteiger partial charge in [0.15, 0.2) is 0 Å². The molecule has 6 heteroatoms. The van der Waals surface area contributed by atoms with Crippen molar-refractivity contribution in [1.29, 1.82) is 0 Å². The predicted molar refractivity (Wildman–Crippen MR) is 77.1 cm³/mol. The molecule has 1 atom stereocenters. The maximum absolute atomic E-state index is 12.1. The Hall–Kier alpha value is -1.33. The van der Waals surface area contributed by atoms with Crippen LogP contribution < -0.4 is 16.2 Å². The van der Waals surface area contributed by atoms with Crippen LogP contribution in [-0.2, 0) is 0 Å². The number of aromatic nitrogens is 1. The van der Waals surface area contributed by atoms with Crippen LogP contribution in [0.5, 0.6) is 0 Å². The van der Waals surface area contributed by atoms with Gasteiger partial charge in [-0.15, -0.1) is 12.4 Å². The number of H-pyrrole nitrogens is 1. The molecule has 1 aromatic rings. The number of pyridine rings is 1. The third kappa shape index (κ3) is 3.81. The lowest BCUT2D eigenvalue weighted by Crippen LogP contribution is -2.46. The van der Waals surface area contributed by atoms with Crippen LogP contribution in [0.4, 0.5) is 0 Å². The lowest BCUT2D eigenvalue weighted by molar-refractivity contribution is 0.0928. The van der Waals surface area contributed by atoms with Crippen molar-refractivity contribution in [2.24, 2.45) is 0 Å². The monoisotopic (exact) mass is 285 g/mol. The fourth-order valence-electron chi connectivity index (χ4n) is 2.37.